The lowest BCUT2D eigenvalue weighted by Crippen LogP contribution is -2.28. The highest BCUT2D eigenvalue weighted by Crippen LogP contribution is 2.25. The van der Waals surface area contributed by atoms with Gasteiger partial charge in [0.05, 0.1) is 4.90 Å². The van der Waals surface area contributed by atoms with Gasteiger partial charge in [-0.2, -0.15) is 4.31 Å². The molecule has 2 aromatic rings. The first-order valence-electron chi connectivity index (χ1n) is 8.47. The van der Waals surface area contributed by atoms with Crippen molar-refractivity contribution in [2.45, 2.75) is 31.6 Å². The number of sulfonamides is 1. The number of rotatable bonds is 4. The van der Waals surface area contributed by atoms with Gasteiger partial charge in [-0.15, -0.1) is 0 Å². The van der Waals surface area contributed by atoms with Gasteiger partial charge in [0.15, 0.2) is 0 Å². The van der Waals surface area contributed by atoms with Gasteiger partial charge >= 0.3 is 0 Å². The lowest BCUT2D eigenvalue weighted by Gasteiger charge is -2.18. The Morgan fingerprint density at radius 3 is 2.38 bits per heavy atom. The molecule has 2 aromatic carbocycles. The number of halogens is 1. The van der Waals surface area contributed by atoms with E-state index in [1.807, 2.05) is 19.1 Å². The van der Waals surface area contributed by atoms with Gasteiger partial charge in [-0.1, -0.05) is 22.0 Å². The van der Waals surface area contributed by atoms with E-state index in [9.17, 15) is 13.2 Å². The molecule has 0 radical (unpaired) electrons. The summed E-state index contributed by atoms with van der Waals surface area (Å²) in [6, 6.07) is 10.3. The Balaban J connectivity index is 1.89. The van der Waals surface area contributed by atoms with Crippen LogP contribution in [-0.2, 0) is 10.0 Å². The summed E-state index contributed by atoms with van der Waals surface area (Å²) in [5.74, 6) is -0.329. The molecule has 3 rings (SSSR count). The standard InChI is InChI=1S/C19H21BrN2O3S/c1-13-5-6-15(12-18(13)26(24,25)22-9-3-4-10-22)19(23)21-16-7-8-17(20)14(2)11-16/h5-8,11-12H,3-4,9-10H2,1-2H3,(H,21,23). The van der Waals surface area contributed by atoms with E-state index in [2.05, 4.69) is 21.2 Å². The maximum atomic E-state index is 12.9. The molecule has 0 saturated carbocycles. The van der Waals surface area contributed by atoms with Crippen LogP contribution in [0.1, 0.15) is 34.3 Å². The number of nitrogens with zero attached hydrogens (tertiary/aromatic N) is 1. The Morgan fingerprint density at radius 1 is 1.04 bits per heavy atom. The summed E-state index contributed by atoms with van der Waals surface area (Å²) < 4.78 is 28.2. The third kappa shape index (κ3) is 3.84. The highest BCUT2D eigenvalue weighted by atomic mass is 79.9. The molecule has 1 amide bonds. The monoisotopic (exact) mass is 436 g/mol. The molecule has 1 N–H and O–H groups in total. The number of anilines is 1. The third-order valence-electron chi connectivity index (χ3n) is 4.55. The summed E-state index contributed by atoms with van der Waals surface area (Å²) in [5, 5.41) is 2.83. The average molecular weight is 437 g/mol. The number of carbonyl (C=O) groups excluding carboxylic acids is 1. The number of amides is 1. The van der Waals surface area contributed by atoms with E-state index in [1.54, 1.807) is 25.1 Å². The van der Waals surface area contributed by atoms with Crippen molar-refractivity contribution in [3.63, 3.8) is 0 Å². The molecule has 0 atom stereocenters. The van der Waals surface area contributed by atoms with Crippen molar-refractivity contribution in [3.05, 3.63) is 57.6 Å². The number of hydrogen-bond donors (Lipinski definition) is 1. The summed E-state index contributed by atoms with van der Waals surface area (Å²) in [6.45, 7) is 4.77. The van der Waals surface area contributed by atoms with E-state index in [-0.39, 0.29) is 10.8 Å². The zero-order valence-corrected chi connectivity index (χ0v) is 17.2. The van der Waals surface area contributed by atoms with E-state index in [0.717, 1.165) is 22.9 Å². The Morgan fingerprint density at radius 2 is 1.73 bits per heavy atom. The minimum Gasteiger partial charge on any atom is -0.322 e. The first kappa shape index (κ1) is 19.1. The summed E-state index contributed by atoms with van der Waals surface area (Å²) in [4.78, 5) is 12.8. The second kappa shape index (κ2) is 7.50. The van der Waals surface area contributed by atoms with Crippen LogP contribution in [0.25, 0.3) is 0 Å². The summed E-state index contributed by atoms with van der Waals surface area (Å²) in [7, 11) is -3.56. The zero-order valence-electron chi connectivity index (χ0n) is 14.8. The van der Waals surface area contributed by atoms with Crippen molar-refractivity contribution in [1.29, 1.82) is 0 Å². The molecule has 0 aliphatic carbocycles. The summed E-state index contributed by atoms with van der Waals surface area (Å²) in [5.41, 5.74) is 2.64. The van der Waals surface area contributed by atoms with Crippen LogP contribution in [0.3, 0.4) is 0 Å². The van der Waals surface area contributed by atoms with Crippen LogP contribution in [0.5, 0.6) is 0 Å². The normalized spacial score (nSPS) is 15.2. The van der Waals surface area contributed by atoms with Gasteiger partial charge in [0.1, 0.15) is 0 Å². The topological polar surface area (TPSA) is 66.5 Å². The quantitative estimate of drug-likeness (QED) is 0.783. The van der Waals surface area contributed by atoms with E-state index in [0.29, 0.717) is 29.9 Å². The molecule has 1 aliphatic rings. The van der Waals surface area contributed by atoms with Crippen LogP contribution in [0.2, 0.25) is 0 Å². The Bertz CT molecular complexity index is 951. The average Bonchev–Trinajstić information content (AvgIpc) is 3.14. The molecule has 0 aromatic heterocycles. The van der Waals surface area contributed by atoms with Gasteiger partial charge < -0.3 is 5.32 Å². The molecule has 5 nitrogen and oxygen atoms in total. The largest absolute Gasteiger partial charge is 0.322 e. The van der Waals surface area contributed by atoms with E-state index in [1.165, 1.54) is 10.4 Å². The summed E-state index contributed by atoms with van der Waals surface area (Å²) >= 11 is 3.43. The van der Waals surface area contributed by atoms with Gasteiger partial charge in [0.2, 0.25) is 10.0 Å². The minimum atomic E-state index is -3.56. The molecule has 0 spiro atoms. The van der Waals surface area contributed by atoms with Crippen molar-refractivity contribution >= 4 is 37.5 Å². The molecule has 26 heavy (non-hydrogen) atoms. The molecule has 1 fully saturated rings. The van der Waals surface area contributed by atoms with E-state index >= 15 is 0 Å². The van der Waals surface area contributed by atoms with Gasteiger partial charge in [-0.05, 0) is 68.1 Å². The van der Waals surface area contributed by atoms with Crippen molar-refractivity contribution in [2.75, 3.05) is 18.4 Å². The van der Waals surface area contributed by atoms with Gasteiger partial charge in [-0.3, -0.25) is 4.79 Å². The first-order valence-corrected chi connectivity index (χ1v) is 10.7. The fourth-order valence-corrected chi connectivity index (χ4v) is 5.03. The maximum absolute atomic E-state index is 12.9. The molecule has 1 heterocycles. The second-order valence-corrected chi connectivity index (χ2v) is 9.27. The van der Waals surface area contributed by atoms with Crippen LogP contribution in [0, 0.1) is 13.8 Å². The SMILES string of the molecule is Cc1cc(NC(=O)c2ccc(C)c(S(=O)(=O)N3CCCC3)c2)ccc1Br. The Labute approximate surface area is 162 Å². The van der Waals surface area contributed by atoms with E-state index < -0.39 is 10.0 Å². The van der Waals surface area contributed by atoms with Gasteiger partial charge in [0, 0.05) is 28.8 Å². The highest BCUT2D eigenvalue weighted by molar-refractivity contribution is 9.10. The molecule has 1 saturated heterocycles. The smallest absolute Gasteiger partial charge is 0.255 e. The highest BCUT2D eigenvalue weighted by Gasteiger charge is 2.29. The molecule has 0 unspecified atom stereocenters. The van der Waals surface area contributed by atoms with Crippen LogP contribution in [0.4, 0.5) is 5.69 Å². The summed E-state index contributed by atoms with van der Waals surface area (Å²) in [6.07, 6.45) is 1.75. The zero-order chi connectivity index (χ0) is 18.9. The van der Waals surface area contributed by atoms with E-state index in [4.69, 9.17) is 0 Å². The van der Waals surface area contributed by atoms with Gasteiger partial charge in [0.25, 0.3) is 5.91 Å². The predicted molar refractivity (Wildman–Crippen MR) is 106 cm³/mol. The predicted octanol–water partition coefficient (Wildman–Crippen LogP) is 4.10. The number of benzene rings is 2. The van der Waals surface area contributed by atoms with Crippen molar-refractivity contribution in [3.8, 4) is 0 Å². The third-order valence-corrected chi connectivity index (χ3v) is 7.48. The minimum absolute atomic E-state index is 0.207. The molecule has 138 valence electrons. The molecule has 7 heteroatoms. The first-order chi connectivity index (χ1) is 12.3. The molecule has 1 aliphatic heterocycles. The van der Waals surface area contributed by atoms with Gasteiger partial charge in [-0.25, -0.2) is 8.42 Å². The number of hydrogen-bond acceptors (Lipinski definition) is 3. The fraction of sp³-hybridized carbons (Fsp3) is 0.316. The van der Waals surface area contributed by atoms with Crippen molar-refractivity contribution in [1.82, 2.24) is 4.31 Å². The lowest BCUT2D eigenvalue weighted by molar-refractivity contribution is 0.102. The molecular weight excluding hydrogens is 416 g/mol. The lowest BCUT2D eigenvalue weighted by atomic mass is 10.1. The number of nitrogens with one attached hydrogen (secondary N) is 1. The number of aryl methyl sites for hydroxylation is 2. The second-order valence-electron chi connectivity index (χ2n) is 6.51. The van der Waals surface area contributed by atoms with Crippen molar-refractivity contribution < 1.29 is 13.2 Å². The number of carbonyl (C=O) groups is 1. The Kier molecular flexibility index (Phi) is 5.50. The van der Waals surface area contributed by atoms with Crippen LogP contribution in [-0.4, -0.2) is 31.7 Å². The molecule has 0 bridgehead atoms. The molecular formula is C19H21BrN2O3S. The Hall–Kier alpha value is -1.70. The van der Waals surface area contributed by atoms with Crippen molar-refractivity contribution in [2.24, 2.45) is 0 Å². The maximum Gasteiger partial charge on any atom is 0.255 e. The fourth-order valence-electron chi connectivity index (χ4n) is 3.01. The van der Waals surface area contributed by atoms with Crippen LogP contribution >= 0.6 is 15.9 Å². The van der Waals surface area contributed by atoms with Crippen LogP contribution in [0.15, 0.2) is 45.8 Å². The van der Waals surface area contributed by atoms with Crippen LogP contribution < -0.4 is 5.32 Å².